The fourth-order valence-electron chi connectivity index (χ4n) is 0.912. The number of rotatable bonds is 4. The van der Waals surface area contributed by atoms with Crippen molar-refractivity contribution in [2.24, 2.45) is 0 Å². The minimum Gasteiger partial charge on any atom is -0.483 e. The number of carbonyl (C=O) groups is 2. The molecule has 0 radical (unpaired) electrons. The zero-order valence-electron chi connectivity index (χ0n) is 8.19. The Morgan fingerprint density at radius 1 is 1.36 bits per heavy atom. The molecule has 0 spiro atoms. The van der Waals surface area contributed by atoms with Gasteiger partial charge in [-0.3, -0.25) is 9.59 Å². The molecular weight excluding hydrogens is 180 g/mol. The second-order valence-corrected chi connectivity index (χ2v) is 3.06. The van der Waals surface area contributed by atoms with Crippen LogP contribution in [-0.4, -0.2) is 18.2 Å². The highest BCUT2D eigenvalue weighted by Gasteiger charge is 2.08. The van der Waals surface area contributed by atoms with Gasteiger partial charge in [-0.05, 0) is 38.1 Å². The predicted octanol–water partition coefficient (Wildman–Crippen LogP) is 1.86. The van der Waals surface area contributed by atoms with Crippen molar-refractivity contribution < 1.29 is 14.3 Å². The molecule has 3 nitrogen and oxygen atoms in total. The van der Waals surface area contributed by atoms with E-state index < -0.39 is 6.10 Å². The first-order chi connectivity index (χ1) is 6.63. The molecule has 1 unspecified atom stereocenters. The SMILES string of the molecule is CC(=O)C(C)Oc1ccc(C=O)cc1. The highest BCUT2D eigenvalue weighted by Crippen LogP contribution is 2.13. The van der Waals surface area contributed by atoms with Gasteiger partial charge in [0.15, 0.2) is 11.9 Å². The van der Waals surface area contributed by atoms with Crippen LogP contribution in [0.2, 0.25) is 0 Å². The van der Waals surface area contributed by atoms with Crippen molar-refractivity contribution >= 4 is 12.1 Å². The van der Waals surface area contributed by atoms with Crippen molar-refractivity contribution in [1.82, 2.24) is 0 Å². The maximum absolute atomic E-state index is 10.9. The van der Waals surface area contributed by atoms with Crippen LogP contribution in [0.5, 0.6) is 5.75 Å². The summed E-state index contributed by atoms with van der Waals surface area (Å²) in [4.78, 5) is 21.2. The zero-order chi connectivity index (χ0) is 10.6. The van der Waals surface area contributed by atoms with Crippen LogP contribution in [0, 0.1) is 0 Å². The quantitative estimate of drug-likeness (QED) is 0.684. The molecule has 0 aromatic heterocycles. The van der Waals surface area contributed by atoms with Gasteiger partial charge in [-0.2, -0.15) is 0 Å². The number of ketones is 1. The van der Waals surface area contributed by atoms with Crippen LogP contribution in [-0.2, 0) is 4.79 Å². The van der Waals surface area contributed by atoms with Gasteiger partial charge in [-0.25, -0.2) is 0 Å². The highest BCUT2D eigenvalue weighted by atomic mass is 16.5. The van der Waals surface area contributed by atoms with Crippen LogP contribution in [0.25, 0.3) is 0 Å². The molecule has 1 aromatic carbocycles. The average molecular weight is 192 g/mol. The number of hydrogen-bond donors (Lipinski definition) is 0. The Morgan fingerprint density at radius 3 is 2.36 bits per heavy atom. The number of carbonyl (C=O) groups excluding carboxylic acids is 2. The summed E-state index contributed by atoms with van der Waals surface area (Å²) in [5, 5.41) is 0. The van der Waals surface area contributed by atoms with E-state index in [0.29, 0.717) is 11.3 Å². The molecule has 14 heavy (non-hydrogen) atoms. The minimum atomic E-state index is -0.447. The van der Waals surface area contributed by atoms with Crippen molar-refractivity contribution in [1.29, 1.82) is 0 Å². The Bertz CT molecular complexity index is 327. The Hall–Kier alpha value is -1.64. The lowest BCUT2D eigenvalue weighted by atomic mass is 10.2. The largest absolute Gasteiger partial charge is 0.483 e. The van der Waals surface area contributed by atoms with E-state index in [0.717, 1.165) is 6.29 Å². The van der Waals surface area contributed by atoms with E-state index in [1.165, 1.54) is 6.92 Å². The minimum absolute atomic E-state index is 0.0236. The lowest BCUT2D eigenvalue weighted by molar-refractivity contribution is -0.122. The summed E-state index contributed by atoms with van der Waals surface area (Å²) in [6, 6.07) is 6.64. The third-order valence-electron chi connectivity index (χ3n) is 1.90. The molecular formula is C11H12O3. The number of hydrogen-bond acceptors (Lipinski definition) is 3. The molecule has 0 saturated carbocycles. The Kier molecular flexibility index (Phi) is 3.40. The predicted molar refractivity (Wildman–Crippen MR) is 52.6 cm³/mol. The molecule has 0 bridgehead atoms. The maximum Gasteiger partial charge on any atom is 0.169 e. The molecule has 0 N–H and O–H groups in total. The van der Waals surface area contributed by atoms with Crippen LogP contribution < -0.4 is 4.74 Å². The van der Waals surface area contributed by atoms with Gasteiger partial charge >= 0.3 is 0 Å². The van der Waals surface area contributed by atoms with Crippen LogP contribution >= 0.6 is 0 Å². The summed E-state index contributed by atoms with van der Waals surface area (Å²) in [6.07, 6.45) is 0.315. The third kappa shape index (κ3) is 2.69. The third-order valence-corrected chi connectivity index (χ3v) is 1.90. The fourth-order valence-corrected chi connectivity index (χ4v) is 0.912. The summed E-state index contributed by atoms with van der Waals surface area (Å²) >= 11 is 0. The molecule has 0 aliphatic heterocycles. The summed E-state index contributed by atoms with van der Waals surface area (Å²) in [5.74, 6) is 0.572. The van der Waals surface area contributed by atoms with E-state index in [1.807, 2.05) is 0 Å². The van der Waals surface area contributed by atoms with Gasteiger partial charge in [-0.1, -0.05) is 0 Å². The lowest BCUT2D eigenvalue weighted by Crippen LogP contribution is -2.20. The van der Waals surface area contributed by atoms with Gasteiger partial charge in [0, 0.05) is 5.56 Å². The fraction of sp³-hybridized carbons (Fsp3) is 0.273. The van der Waals surface area contributed by atoms with Crippen LogP contribution in [0.1, 0.15) is 24.2 Å². The second kappa shape index (κ2) is 4.56. The number of aldehydes is 1. The van der Waals surface area contributed by atoms with Gasteiger partial charge in [0.25, 0.3) is 0 Å². The zero-order valence-corrected chi connectivity index (χ0v) is 8.19. The summed E-state index contributed by atoms with van der Waals surface area (Å²) in [5.41, 5.74) is 0.591. The standard InChI is InChI=1S/C11H12O3/c1-8(13)9(2)14-11-5-3-10(7-12)4-6-11/h3-7,9H,1-2H3. The smallest absolute Gasteiger partial charge is 0.169 e. The Morgan fingerprint density at radius 2 is 1.93 bits per heavy atom. The molecule has 0 heterocycles. The first kappa shape index (κ1) is 10.4. The van der Waals surface area contributed by atoms with E-state index >= 15 is 0 Å². The molecule has 0 saturated heterocycles. The Labute approximate surface area is 82.7 Å². The van der Waals surface area contributed by atoms with E-state index in [-0.39, 0.29) is 5.78 Å². The molecule has 0 amide bonds. The second-order valence-electron chi connectivity index (χ2n) is 3.06. The Balaban J connectivity index is 2.68. The summed E-state index contributed by atoms with van der Waals surface area (Å²) in [6.45, 7) is 3.17. The molecule has 1 rings (SSSR count). The monoisotopic (exact) mass is 192 g/mol. The van der Waals surface area contributed by atoms with E-state index in [2.05, 4.69) is 0 Å². The van der Waals surface area contributed by atoms with E-state index in [4.69, 9.17) is 4.74 Å². The number of ether oxygens (including phenoxy) is 1. The summed E-state index contributed by atoms with van der Waals surface area (Å²) in [7, 11) is 0. The molecule has 0 aliphatic carbocycles. The van der Waals surface area contributed by atoms with E-state index in [9.17, 15) is 9.59 Å². The van der Waals surface area contributed by atoms with Gasteiger partial charge in [0.1, 0.15) is 12.0 Å². The molecule has 0 aliphatic rings. The van der Waals surface area contributed by atoms with Gasteiger partial charge in [-0.15, -0.1) is 0 Å². The van der Waals surface area contributed by atoms with Gasteiger partial charge in [0.2, 0.25) is 0 Å². The summed E-state index contributed by atoms with van der Waals surface area (Å²) < 4.78 is 5.31. The van der Waals surface area contributed by atoms with Crippen molar-refractivity contribution in [3.8, 4) is 5.75 Å². The first-order valence-electron chi connectivity index (χ1n) is 4.36. The first-order valence-corrected chi connectivity index (χ1v) is 4.36. The topological polar surface area (TPSA) is 43.4 Å². The van der Waals surface area contributed by atoms with Crippen LogP contribution in [0.15, 0.2) is 24.3 Å². The van der Waals surface area contributed by atoms with Crippen LogP contribution in [0.3, 0.4) is 0 Å². The highest BCUT2D eigenvalue weighted by molar-refractivity contribution is 5.80. The number of Topliss-reactive ketones (excluding diaryl/α,β-unsaturated/α-hetero) is 1. The maximum atomic E-state index is 10.9. The average Bonchev–Trinajstić information content (AvgIpc) is 2.19. The molecule has 74 valence electrons. The number of benzene rings is 1. The van der Waals surface area contributed by atoms with Gasteiger partial charge in [0.05, 0.1) is 0 Å². The van der Waals surface area contributed by atoms with Crippen LogP contribution in [0.4, 0.5) is 0 Å². The molecule has 1 atom stereocenters. The van der Waals surface area contributed by atoms with Crippen molar-refractivity contribution in [2.75, 3.05) is 0 Å². The molecule has 0 fully saturated rings. The molecule has 1 aromatic rings. The van der Waals surface area contributed by atoms with Crippen molar-refractivity contribution in [2.45, 2.75) is 20.0 Å². The van der Waals surface area contributed by atoms with Crippen molar-refractivity contribution in [3.63, 3.8) is 0 Å². The van der Waals surface area contributed by atoms with E-state index in [1.54, 1.807) is 31.2 Å². The van der Waals surface area contributed by atoms with Gasteiger partial charge < -0.3 is 4.74 Å². The lowest BCUT2D eigenvalue weighted by Gasteiger charge is -2.10. The normalized spacial score (nSPS) is 11.9. The van der Waals surface area contributed by atoms with Crippen molar-refractivity contribution in [3.05, 3.63) is 29.8 Å². The molecule has 3 heteroatoms.